The molecule has 0 aliphatic heterocycles. The molecule has 16 heavy (non-hydrogen) atoms. The summed E-state index contributed by atoms with van der Waals surface area (Å²) in [5.74, 6) is 0.578. The fourth-order valence-corrected chi connectivity index (χ4v) is 2.96. The Kier molecular flexibility index (Phi) is 3.87. The molecule has 1 aliphatic carbocycles. The molecule has 0 radical (unpaired) electrons. The van der Waals surface area contributed by atoms with Crippen LogP contribution in [0, 0.1) is 0 Å². The van der Waals surface area contributed by atoms with Crippen LogP contribution in [0.3, 0.4) is 0 Å². The van der Waals surface area contributed by atoms with E-state index in [4.69, 9.17) is 11.6 Å². The minimum Gasteiger partial charge on any atom is -0.314 e. The highest BCUT2D eigenvalue weighted by molar-refractivity contribution is 6.31. The molecule has 0 bridgehead atoms. The Labute approximate surface area is 102 Å². The van der Waals surface area contributed by atoms with Crippen LogP contribution in [0.1, 0.15) is 44.2 Å². The molecule has 1 aromatic rings. The van der Waals surface area contributed by atoms with Crippen molar-refractivity contribution in [3.8, 4) is 0 Å². The third-order valence-corrected chi connectivity index (χ3v) is 3.73. The van der Waals surface area contributed by atoms with Crippen LogP contribution in [-0.4, -0.2) is 22.4 Å². The van der Waals surface area contributed by atoms with Gasteiger partial charge < -0.3 is 5.32 Å². The zero-order valence-electron chi connectivity index (χ0n) is 10.0. The van der Waals surface area contributed by atoms with E-state index in [0.717, 1.165) is 11.6 Å². The van der Waals surface area contributed by atoms with Crippen LogP contribution < -0.4 is 5.32 Å². The van der Waals surface area contributed by atoms with Crippen molar-refractivity contribution in [1.29, 1.82) is 0 Å². The summed E-state index contributed by atoms with van der Waals surface area (Å²) in [6.45, 7) is 3.33. The molecule has 3 nitrogen and oxygen atoms in total. The SMILES string of the molecule is CCCNC1CCC(c2c(Cl)cnn2C)C1. The van der Waals surface area contributed by atoms with E-state index in [1.165, 1.54) is 31.4 Å². The number of rotatable bonds is 4. The Balaban J connectivity index is 1.98. The van der Waals surface area contributed by atoms with Gasteiger partial charge >= 0.3 is 0 Å². The van der Waals surface area contributed by atoms with Gasteiger partial charge in [-0.15, -0.1) is 0 Å². The summed E-state index contributed by atoms with van der Waals surface area (Å²) < 4.78 is 1.93. The van der Waals surface area contributed by atoms with Gasteiger partial charge in [0.1, 0.15) is 0 Å². The van der Waals surface area contributed by atoms with Gasteiger partial charge in [-0.05, 0) is 32.2 Å². The molecule has 2 rings (SSSR count). The maximum atomic E-state index is 6.17. The second kappa shape index (κ2) is 5.19. The van der Waals surface area contributed by atoms with Crippen molar-refractivity contribution in [2.45, 2.75) is 44.6 Å². The maximum absolute atomic E-state index is 6.17. The van der Waals surface area contributed by atoms with E-state index in [0.29, 0.717) is 12.0 Å². The van der Waals surface area contributed by atoms with E-state index < -0.39 is 0 Å². The monoisotopic (exact) mass is 241 g/mol. The van der Waals surface area contributed by atoms with Crippen LogP contribution in [0.5, 0.6) is 0 Å². The molecule has 1 fully saturated rings. The second-order valence-corrected chi connectivity index (χ2v) is 5.07. The van der Waals surface area contributed by atoms with Gasteiger partial charge in [-0.25, -0.2) is 0 Å². The van der Waals surface area contributed by atoms with Gasteiger partial charge in [0.05, 0.1) is 16.9 Å². The van der Waals surface area contributed by atoms with Crippen LogP contribution in [-0.2, 0) is 7.05 Å². The van der Waals surface area contributed by atoms with E-state index in [-0.39, 0.29) is 0 Å². The molecule has 1 saturated carbocycles. The minimum atomic E-state index is 0.578. The molecule has 1 heterocycles. The molecule has 90 valence electrons. The van der Waals surface area contributed by atoms with E-state index >= 15 is 0 Å². The first kappa shape index (κ1) is 11.9. The van der Waals surface area contributed by atoms with Crippen molar-refractivity contribution < 1.29 is 0 Å². The highest BCUT2D eigenvalue weighted by Gasteiger charge is 2.28. The normalized spacial score (nSPS) is 25.2. The molecule has 1 aromatic heterocycles. The van der Waals surface area contributed by atoms with Gasteiger partial charge in [-0.3, -0.25) is 4.68 Å². The number of nitrogens with zero attached hydrogens (tertiary/aromatic N) is 2. The van der Waals surface area contributed by atoms with Crippen molar-refractivity contribution in [2.75, 3.05) is 6.54 Å². The molecule has 1 N–H and O–H groups in total. The van der Waals surface area contributed by atoms with Crippen LogP contribution >= 0.6 is 11.6 Å². The Morgan fingerprint density at radius 1 is 1.56 bits per heavy atom. The molecule has 1 aliphatic rings. The second-order valence-electron chi connectivity index (χ2n) is 4.66. The Morgan fingerprint density at radius 2 is 2.38 bits per heavy atom. The summed E-state index contributed by atoms with van der Waals surface area (Å²) in [6, 6.07) is 0.663. The molecule has 2 atom stereocenters. The average molecular weight is 242 g/mol. The number of aromatic nitrogens is 2. The zero-order chi connectivity index (χ0) is 11.5. The van der Waals surface area contributed by atoms with E-state index in [1.807, 2.05) is 11.7 Å². The van der Waals surface area contributed by atoms with Gasteiger partial charge in [0.2, 0.25) is 0 Å². The summed E-state index contributed by atoms with van der Waals surface area (Å²) in [5.41, 5.74) is 1.21. The van der Waals surface area contributed by atoms with Crippen molar-refractivity contribution in [3.05, 3.63) is 16.9 Å². The molecule has 0 spiro atoms. The van der Waals surface area contributed by atoms with Crippen molar-refractivity contribution in [2.24, 2.45) is 7.05 Å². The lowest BCUT2D eigenvalue weighted by molar-refractivity contribution is 0.511. The van der Waals surface area contributed by atoms with E-state index in [2.05, 4.69) is 17.3 Å². The fraction of sp³-hybridized carbons (Fsp3) is 0.750. The maximum Gasteiger partial charge on any atom is 0.0820 e. The molecular formula is C12H20ClN3. The van der Waals surface area contributed by atoms with Crippen LogP contribution in [0.2, 0.25) is 5.02 Å². The third kappa shape index (κ3) is 2.41. The first-order chi connectivity index (χ1) is 7.72. The standard InChI is InChI=1S/C12H20ClN3/c1-3-6-14-10-5-4-9(7-10)12-11(13)8-15-16(12)2/h8-10,14H,3-7H2,1-2H3. The van der Waals surface area contributed by atoms with Crippen molar-refractivity contribution >= 4 is 11.6 Å². The van der Waals surface area contributed by atoms with E-state index in [1.54, 1.807) is 6.20 Å². The highest BCUT2D eigenvalue weighted by atomic mass is 35.5. The molecule has 0 saturated heterocycles. The first-order valence-corrected chi connectivity index (χ1v) is 6.51. The van der Waals surface area contributed by atoms with Crippen LogP contribution in [0.4, 0.5) is 0 Å². The lowest BCUT2D eigenvalue weighted by atomic mass is 10.0. The number of hydrogen-bond donors (Lipinski definition) is 1. The predicted molar refractivity (Wildman–Crippen MR) is 66.9 cm³/mol. The van der Waals surface area contributed by atoms with E-state index in [9.17, 15) is 0 Å². The van der Waals surface area contributed by atoms with Crippen LogP contribution in [0.15, 0.2) is 6.20 Å². The van der Waals surface area contributed by atoms with Gasteiger partial charge in [-0.1, -0.05) is 18.5 Å². The largest absolute Gasteiger partial charge is 0.314 e. The summed E-state index contributed by atoms with van der Waals surface area (Å²) >= 11 is 6.17. The Bertz CT molecular complexity index is 329. The number of aryl methyl sites for hydroxylation is 1. The quantitative estimate of drug-likeness (QED) is 0.879. The smallest absolute Gasteiger partial charge is 0.0820 e. The molecule has 0 aromatic carbocycles. The Morgan fingerprint density at radius 3 is 3.00 bits per heavy atom. The number of nitrogens with one attached hydrogen (secondary N) is 1. The molecule has 4 heteroatoms. The molecule has 2 unspecified atom stereocenters. The lowest BCUT2D eigenvalue weighted by Gasteiger charge is -2.13. The molecule has 0 amide bonds. The van der Waals surface area contributed by atoms with Crippen molar-refractivity contribution in [3.63, 3.8) is 0 Å². The van der Waals surface area contributed by atoms with Gasteiger partial charge in [0.15, 0.2) is 0 Å². The zero-order valence-corrected chi connectivity index (χ0v) is 10.8. The predicted octanol–water partition coefficient (Wildman–Crippen LogP) is 2.71. The number of hydrogen-bond acceptors (Lipinski definition) is 2. The topological polar surface area (TPSA) is 29.9 Å². The third-order valence-electron chi connectivity index (χ3n) is 3.44. The summed E-state index contributed by atoms with van der Waals surface area (Å²) in [4.78, 5) is 0. The summed E-state index contributed by atoms with van der Waals surface area (Å²) in [5, 5.41) is 8.62. The van der Waals surface area contributed by atoms with Gasteiger partial charge in [-0.2, -0.15) is 5.10 Å². The number of halogens is 1. The van der Waals surface area contributed by atoms with Gasteiger partial charge in [0, 0.05) is 19.0 Å². The Hall–Kier alpha value is -0.540. The average Bonchev–Trinajstić information content (AvgIpc) is 2.83. The molecular weight excluding hydrogens is 222 g/mol. The summed E-state index contributed by atoms with van der Waals surface area (Å²) in [7, 11) is 1.98. The van der Waals surface area contributed by atoms with Crippen molar-refractivity contribution in [1.82, 2.24) is 15.1 Å². The van der Waals surface area contributed by atoms with Crippen LogP contribution in [0.25, 0.3) is 0 Å². The minimum absolute atomic E-state index is 0.578. The highest BCUT2D eigenvalue weighted by Crippen LogP contribution is 2.37. The first-order valence-electron chi connectivity index (χ1n) is 6.13. The summed E-state index contributed by atoms with van der Waals surface area (Å²) in [6.07, 6.45) is 6.63. The lowest BCUT2D eigenvalue weighted by Crippen LogP contribution is -2.27. The fourth-order valence-electron chi connectivity index (χ4n) is 2.64. The van der Waals surface area contributed by atoms with Gasteiger partial charge in [0.25, 0.3) is 0 Å².